The molecule has 1 aliphatic rings. The Morgan fingerprint density at radius 2 is 1.94 bits per heavy atom. The highest BCUT2D eigenvalue weighted by molar-refractivity contribution is 6.32. The number of rotatable bonds is 2. The predicted molar refractivity (Wildman–Crippen MR) is 75.5 cm³/mol. The van der Waals surface area contributed by atoms with E-state index in [9.17, 15) is 0 Å². The Balaban J connectivity index is 1.88. The van der Waals surface area contributed by atoms with Crippen molar-refractivity contribution in [2.75, 3.05) is 11.4 Å². The van der Waals surface area contributed by atoms with Gasteiger partial charge in [-0.05, 0) is 30.2 Å². The summed E-state index contributed by atoms with van der Waals surface area (Å²) in [6.45, 7) is 1.71. The van der Waals surface area contributed by atoms with Crippen molar-refractivity contribution in [1.29, 1.82) is 0 Å². The Kier molecular flexibility index (Phi) is 3.14. The van der Waals surface area contributed by atoms with Crippen molar-refractivity contribution in [1.82, 2.24) is 4.98 Å². The average molecular weight is 279 g/mol. The first-order valence-corrected chi connectivity index (χ1v) is 6.63. The average Bonchev–Trinajstić information content (AvgIpc) is 2.78. The summed E-state index contributed by atoms with van der Waals surface area (Å²) in [6.07, 6.45) is 1.08. The molecule has 92 valence electrons. The van der Waals surface area contributed by atoms with E-state index < -0.39 is 0 Å². The number of fused-ring (bicyclic) bond motifs is 1. The molecule has 0 saturated carbocycles. The molecule has 0 spiro atoms. The topological polar surface area (TPSA) is 16.1 Å². The van der Waals surface area contributed by atoms with Gasteiger partial charge in [-0.15, -0.1) is 0 Å². The number of para-hydroxylation sites is 1. The lowest BCUT2D eigenvalue weighted by Gasteiger charge is -2.19. The third kappa shape index (κ3) is 2.18. The van der Waals surface area contributed by atoms with Crippen molar-refractivity contribution >= 4 is 28.9 Å². The third-order valence-corrected chi connectivity index (χ3v) is 3.76. The lowest BCUT2D eigenvalue weighted by Crippen LogP contribution is -2.20. The van der Waals surface area contributed by atoms with Crippen molar-refractivity contribution in [2.45, 2.75) is 13.0 Å². The summed E-state index contributed by atoms with van der Waals surface area (Å²) in [7, 11) is 0. The van der Waals surface area contributed by atoms with E-state index in [0.717, 1.165) is 18.7 Å². The van der Waals surface area contributed by atoms with Gasteiger partial charge in [0.25, 0.3) is 0 Å². The van der Waals surface area contributed by atoms with Crippen LogP contribution in [0.25, 0.3) is 0 Å². The zero-order valence-electron chi connectivity index (χ0n) is 9.74. The van der Waals surface area contributed by atoms with E-state index in [1.54, 1.807) is 12.1 Å². The monoisotopic (exact) mass is 278 g/mol. The van der Waals surface area contributed by atoms with E-state index in [1.165, 1.54) is 11.3 Å². The van der Waals surface area contributed by atoms with Gasteiger partial charge in [-0.2, -0.15) is 0 Å². The van der Waals surface area contributed by atoms with Crippen LogP contribution in [-0.4, -0.2) is 11.5 Å². The second-order valence-corrected chi connectivity index (χ2v) is 5.16. The van der Waals surface area contributed by atoms with E-state index in [-0.39, 0.29) is 0 Å². The molecule has 0 fully saturated rings. The smallest absolute Gasteiger partial charge is 0.129 e. The fourth-order valence-electron chi connectivity index (χ4n) is 2.32. The van der Waals surface area contributed by atoms with E-state index in [0.29, 0.717) is 16.7 Å². The van der Waals surface area contributed by atoms with Gasteiger partial charge >= 0.3 is 0 Å². The first-order chi connectivity index (χ1) is 8.74. The zero-order chi connectivity index (χ0) is 12.5. The molecule has 2 nitrogen and oxygen atoms in total. The molecular weight excluding hydrogens is 267 g/mol. The van der Waals surface area contributed by atoms with Crippen LogP contribution in [0.1, 0.15) is 11.3 Å². The van der Waals surface area contributed by atoms with Gasteiger partial charge in [0.2, 0.25) is 0 Å². The summed E-state index contributed by atoms with van der Waals surface area (Å²) >= 11 is 12.1. The van der Waals surface area contributed by atoms with Crippen molar-refractivity contribution in [3.05, 3.63) is 57.8 Å². The molecule has 0 N–H and O–H groups in total. The second-order valence-electron chi connectivity index (χ2n) is 4.36. The molecule has 1 aromatic carbocycles. The first-order valence-electron chi connectivity index (χ1n) is 5.88. The Hall–Kier alpha value is -1.25. The highest BCUT2D eigenvalue weighted by Gasteiger charge is 2.19. The molecule has 4 heteroatoms. The van der Waals surface area contributed by atoms with Crippen molar-refractivity contribution in [3.8, 4) is 0 Å². The number of nitrogens with zero attached hydrogens (tertiary/aromatic N) is 2. The Labute approximate surface area is 116 Å². The van der Waals surface area contributed by atoms with Crippen LogP contribution < -0.4 is 4.90 Å². The van der Waals surface area contributed by atoms with Gasteiger partial charge in [-0.25, -0.2) is 4.98 Å². The van der Waals surface area contributed by atoms with Gasteiger partial charge in [0.15, 0.2) is 0 Å². The summed E-state index contributed by atoms with van der Waals surface area (Å²) < 4.78 is 0. The molecular formula is C14H12Cl2N2. The van der Waals surface area contributed by atoms with Crippen LogP contribution in [0, 0.1) is 0 Å². The van der Waals surface area contributed by atoms with Crippen molar-refractivity contribution < 1.29 is 0 Å². The minimum atomic E-state index is 0.488. The lowest BCUT2D eigenvalue weighted by atomic mass is 10.2. The molecule has 0 radical (unpaired) electrons. The maximum atomic E-state index is 6.15. The maximum Gasteiger partial charge on any atom is 0.129 e. The second kappa shape index (κ2) is 4.79. The first kappa shape index (κ1) is 11.8. The van der Waals surface area contributed by atoms with Crippen LogP contribution in [0.5, 0.6) is 0 Å². The molecule has 2 aromatic rings. The largest absolute Gasteiger partial charge is 0.365 e. The number of aromatic nitrogens is 1. The highest BCUT2D eigenvalue weighted by Crippen LogP contribution is 2.30. The van der Waals surface area contributed by atoms with Crippen LogP contribution in [0.4, 0.5) is 5.69 Å². The highest BCUT2D eigenvalue weighted by atomic mass is 35.5. The van der Waals surface area contributed by atoms with Crippen LogP contribution in [0.15, 0.2) is 36.4 Å². The molecule has 2 heterocycles. The fraction of sp³-hybridized carbons (Fsp3) is 0.214. The number of pyridine rings is 1. The lowest BCUT2D eigenvalue weighted by molar-refractivity contribution is 0.815. The summed E-state index contributed by atoms with van der Waals surface area (Å²) in [5, 5.41) is 1.16. The molecule has 0 aliphatic carbocycles. The summed E-state index contributed by atoms with van der Waals surface area (Å²) in [5.74, 6) is 0. The Morgan fingerprint density at radius 3 is 2.83 bits per heavy atom. The summed E-state index contributed by atoms with van der Waals surface area (Å²) in [5.41, 5.74) is 3.49. The quantitative estimate of drug-likeness (QED) is 0.774. The van der Waals surface area contributed by atoms with Crippen LogP contribution >= 0.6 is 23.2 Å². The van der Waals surface area contributed by atoms with Crippen molar-refractivity contribution in [2.24, 2.45) is 0 Å². The van der Waals surface area contributed by atoms with E-state index >= 15 is 0 Å². The Bertz CT molecular complexity index is 584. The van der Waals surface area contributed by atoms with Gasteiger partial charge in [0, 0.05) is 12.2 Å². The standard InChI is InChI=1S/C14H12Cl2N2/c15-11-5-6-14(16)17-12(11)9-18-8-7-10-3-1-2-4-13(10)18/h1-6H,7-9H2. The molecule has 1 aliphatic heterocycles. The number of benzene rings is 1. The van der Waals surface area contributed by atoms with Crippen molar-refractivity contribution in [3.63, 3.8) is 0 Å². The minimum Gasteiger partial charge on any atom is -0.365 e. The number of halogens is 2. The molecule has 18 heavy (non-hydrogen) atoms. The Morgan fingerprint density at radius 1 is 1.11 bits per heavy atom. The molecule has 1 aromatic heterocycles. The normalized spacial score (nSPS) is 13.8. The van der Waals surface area contributed by atoms with E-state index in [1.807, 2.05) is 0 Å². The molecule has 0 atom stereocenters. The molecule has 0 bridgehead atoms. The maximum absolute atomic E-state index is 6.15. The molecule has 0 saturated heterocycles. The van der Waals surface area contributed by atoms with Gasteiger partial charge in [-0.1, -0.05) is 41.4 Å². The van der Waals surface area contributed by atoms with Gasteiger partial charge in [-0.3, -0.25) is 0 Å². The predicted octanol–water partition coefficient (Wildman–Crippen LogP) is 3.95. The van der Waals surface area contributed by atoms with Crippen LogP contribution in [0.3, 0.4) is 0 Å². The van der Waals surface area contributed by atoms with Gasteiger partial charge in [0.05, 0.1) is 17.3 Å². The van der Waals surface area contributed by atoms with E-state index in [4.69, 9.17) is 23.2 Å². The van der Waals surface area contributed by atoms with Gasteiger partial charge in [0.1, 0.15) is 5.15 Å². The molecule has 3 rings (SSSR count). The van der Waals surface area contributed by atoms with Crippen LogP contribution in [-0.2, 0) is 13.0 Å². The molecule has 0 amide bonds. The third-order valence-electron chi connectivity index (χ3n) is 3.21. The summed E-state index contributed by atoms with van der Waals surface area (Å²) in [4.78, 5) is 6.59. The SMILES string of the molecule is Clc1ccc(Cl)c(CN2CCc3ccccc32)n1. The minimum absolute atomic E-state index is 0.488. The number of anilines is 1. The summed E-state index contributed by atoms with van der Waals surface area (Å²) in [6, 6.07) is 12.0. The zero-order valence-corrected chi connectivity index (χ0v) is 11.2. The molecule has 0 unspecified atom stereocenters. The van der Waals surface area contributed by atoms with Gasteiger partial charge < -0.3 is 4.90 Å². The van der Waals surface area contributed by atoms with Crippen LogP contribution in [0.2, 0.25) is 10.2 Å². The van der Waals surface area contributed by atoms with E-state index in [2.05, 4.69) is 34.1 Å². The number of hydrogen-bond acceptors (Lipinski definition) is 2. The number of hydrogen-bond donors (Lipinski definition) is 0. The fourth-order valence-corrected chi connectivity index (χ4v) is 2.65.